The highest BCUT2D eigenvalue weighted by atomic mass is 35.5. The fraction of sp³-hybridized carbons (Fsp3) is 0.0556. The van der Waals surface area contributed by atoms with Gasteiger partial charge in [0.05, 0.1) is 16.3 Å². The van der Waals surface area contributed by atoms with Crippen LogP contribution in [-0.2, 0) is 6.54 Å². The fourth-order valence-electron chi connectivity index (χ4n) is 2.11. The molecule has 25 heavy (non-hydrogen) atoms. The SMILES string of the molecule is O=C(Nc1ccccc1Cl)c1cnc(NCc2ccccc2F)nc1. The largest absolute Gasteiger partial charge is 0.350 e. The average Bonchev–Trinajstić information content (AvgIpc) is 2.63. The molecule has 0 bridgehead atoms. The van der Waals surface area contributed by atoms with Crippen LogP contribution >= 0.6 is 11.6 Å². The quantitative estimate of drug-likeness (QED) is 0.721. The van der Waals surface area contributed by atoms with Gasteiger partial charge in [-0.3, -0.25) is 4.79 Å². The van der Waals surface area contributed by atoms with Crippen LogP contribution < -0.4 is 10.6 Å². The molecule has 7 heteroatoms. The lowest BCUT2D eigenvalue weighted by Crippen LogP contribution is -2.13. The smallest absolute Gasteiger partial charge is 0.258 e. The minimum Gasteiger partial charge on any atom is -0.350 e. The van der Waals surface area contributed by atoms with E-state index in [1.54, 1.807) is 42.5 Å². The molecule has 0 atom stereocenters. The van der Waals surface area contributed by atoms with Crippen LogP contribution in [0.2, 0.25) is 5.02 Å². The van der Waals surface area contributed by atoms with Crippen molar-refractivity contribution < 1.29 is 9.18 Å². The van der Waals surface area contributed by atoms with E-state index in [1.165, 1.54) is 18.5 Å². The molecule has 0 radical (unpaired) electrons. The van der Waals surface area contributed by atoms with Gasteiger partial charge in [0.15, 0.2) is 0 Å². The first kappa shape index (κ1) is 16.9. The van der Waals surface area contributed by atoms with Crippen molar-refractivity contribution in [2.75, 3.05) is 10.6 Å². The molecule has 3 rings (SSSR count). The third-order valence-electron chi connectivity index (χ3n) is 3.43. The molecule has 0 aliphatic heterocycles. The summed E-state index contributed by atoms with van der Waals surface area (Å²) in [5.41, 5.74) is 1.30. The molecule has 1 heterocycles. The van der Waals surface area contributed by atoms with Gasteiger partial charge in [0.25, 0.3) is 5.91 Å². The maximum atomic E-state index is 13.6. The average molecular weight is 357 g/mol. The molecule has 0 spiro atoms. The zero-order chi connectivity index (χ0) is 17.6. The Bertz CT molecular complexity index is 886. The van der Waals surface area contributed by atoms with Gasteiger partial charge >= 0.3 is 0 Å². The number of benzene rings is 2. The molecule has 0 saturated carbocycles. The summed E-state index contributed by atoms with van der Waals surface area (Å²) >= 11 is 6.01. The molecule has 1 amide bonds. The molecule has 2 aromatic carbocycles. The van der Waals surface area contributed by atoms with Gasteiger partial charge in [-0.2, -0.15) is 0 Å². The number of rotatable bonds is 5. The maximum absolute atomic E-state index is 13.6. The Balaban J connectivity index is 1.63. The number of anilines is 2. The summed E-state index contributed by atoms with van der Waals surface area (Å²) in [6.45, 7) is 0.248. The van der Waals surface area contributed by atoms with Crippen molar-refractivity contribution in [3.05, 3.63) is 82.9 Å². The number of carbonyl (C=O) groups is 1. The zero-order valence-electron chi connectivity index (χ0n) is 13.0. The lowest BCUT2D eigenvalue weighted by Gasteiger charge is -2.08. The molecule has 0 fully saturated rings. The van der Waals surface area contributed by atoms with Crippen LogP contribution in [0.5, 0.6) is 0 Å². The van der Waals surface area contributed by atoms with Crippen LogP contribution in [0.25, 0.3) is 0 Å². The summed E-state index contributed by atoms with van der Waals surface area (Å²) < 4.78 is 13.6. The molecule has 0 unspecified atom stereocenters. The van der Waals surface area contributed by atoms with Crippen LogP contribution in [0, 0.1) is 5.82 Å². The standard InChI is InChI=1S/C18H14ClFN4O/c19-14-6-2-4-8-16(14)24-17(25)13-10-22-18(23-11-13)21-9-12-5-1-3-7-15(12)20/h1-8,10-11H,9H2,(H,24,25)(H,21,22,23). The number of hydrogen-bond donors (Lipinski definition) is 2. The van der Waals surface area contributed by atoms with Crippen molar-refractivity contribution in [1.29, 1.82) is 0 Å². The zero-order valence-corrected chi connectivity index (χ0v) is 13.8. The summed E-state index contributed by atoms with van der Waals surface area (Å²) in [6, 6.07) is 13.4. The van der Waals surface area contributed by atoms with E-state index < -0.39 is 0 Å². The van der Waals surface area contributed by atoms with E-state index in [0.717, 1.165) is 0 Å². The minimum atomic E-state index is -0.367. The number of carbonyl (C=O) groups excluding carboxylic acids is 1. The first-order valence-corrected chi connectivity index (χ1v) is 7.86. The summed E-state index contributed by atoms with van der Waals surface area (Å²) in [5, 5.41) is 6.05. The van der Waals surface area contributed by atoms with Crippen molar-refractivity contribution in [3.8, 4) is 0 Å². The number of hydrogen-bond acceptors (Lipinski definition) is 4. The van der Waals surface area contributed by atoms with Gasteiger partial charge in [-0.15, -0.1) is 0 Å². The van der Waals surface area contributed by atoms with Crippen LogP contribution in [0.15, 0.2) is 60.9 Å². The highest BCUT2D eigenvalue weighted by Gasteiger charge is 2.10. The van der Waals surface area contributed by atoms with Gasteiger partial charge in [0.2, 0.25) is 5.95 Å². The molecule has 1 aromatic heterocycles. The second kappa shape index (κ2) is 7.72. The van der Waals surface area contributed by atoms with Crippen molar-refractivity contribution in [2.24, 2.45) is 0 Å². The molecule has 0 aliphatic carbocycles. The van der Waals surface area contributed by atoms with Gasteiger partial charge in [0.1, 0.15) is 5.82 Å². The lowest BCUT2D eigenvalue weighted by molar-refractivity contribution is 0.102. The Morgan fingerprint density at radius 2 is 1.72 bits per heavy atom. The Morgan fingerprint density at radius 1 is 1.04 bits per heavy atom. The van der Waals surface area contributed by atoms with Crippen molar-refractivity contribution in [2.45, 2.75) is 6.54 Å². The van der Waals surface area contributed by atoms with Crippen LogP contribution in [-0.4, -0.2) is 15.9 Å². The number of halogens is 2. The van der Waals surface area contributed by atoms with Crippen LogP contribution in [0.1, 0.15) is 15.9 Å². The monoisotopic (exact) mass is 356 g/mol. The van der Waals surface area contributed by atoms with Gasteiger partial charge in [0, 0.05) is 24.5 Å². The maximum Gasteiger partial charge on any atom is 0.258 e. The first-order chi connectivity index (χ1) is 12.1. The second-order valence-corrected chi connectivity index (χ2v) is 5.58. The van der Waals surface area contributed by atoms with E-state index in [-0.39, 0.29) is 23.8 Å². The Hall–Kier alpha value is -2.99. The van der Waals surface area contributed by atoms with E-state index in [1.807, 2.05) is 0 Å². The molecule has 3 aromatic rings. The molecule has 0 saturated heterocycles. The number of nitrogens with zero attached hydrogens (tertiary/aromatic N) is 2. The van der Waals surface area contributed by atoms with E-state index >= 15 is 0 Å². The summed E-state index contributed by atoms with van der Waals surface area (Å²) in [4.78, 5) is 20.3. The third kappa shape index (κ3) is 4.30. The number of para-hydroxylation sites is 1. The topological polar surface area (TPSA) is 66.9 Å². The summed E-state index contributed by atoms with van der Waals surface area (Å²) in [7, 11) is 0. The molecular weight excluding hydrogens is 343 g/mol. The second-order valence-electron chi connectivity index (χ2n) is 5.17. The highest BCUT2D eigenvalue weighted by molar-refractivity contribution is 6.33. The number of nitrogens with one attached hydrogen (secondary N) is 2. The minimum absolute atomic E-state index is 0.248. The predicted molar refractivity (Wildman–Crippen MR) is 95.2 cm³/mol. The number of aromatic nitrogens is 2. The molecule has 2 N–H and O–H groups in total. The van der Waals surface area contributed by atoms with Gasteiger partial charge in [-0.25, -0.2) is 14.4 Å². The normalized spacial score (nSPS) is 10.3. The van der Waals surface area contributed by atoms with E-state index in [9.17, 15) is 9.18 Å². The van der Waals surface area contributed by atoms with Crippen LogP contribution in [0.3, 0.4) is 0 Å². The molecular formula is C18H14ClFN4O. The fourth-order valence-corrected chi connectivity index (χ4v) is 2.29. The summed E-state index contributed by atoms with van der Waals surface area (Å²) in [5.74, 6) is -0.364. The summed E-state index contributed by atoms with van der Waals surface area (Å²) in [6.07, 6.45) is 2.78. The Labute approximate surface area is 148 Å². The Morgan fingerprint density at radius 3 is 2.44 bits per heavy atom. The van der Waals surface area contributed by atoms with E-state index in [4.69, 9.17) is 11.6 Å². The van der Waals surface area contributed by atoms with Crippen molar-refractivity contribution in [1.82, 2.24) is 9.97 Å². The predicted octanol–water partition coefficient (Wildman–Crippen LogP) is 4.13. The highest BCUT2D eigenvalue weighted by Crippen LogP contribution is 2.21. The molecule has 126 valence electrons. The van der Waals surface area contributed by atoms with Gasteiger partial charge in [-0.05, 0) is 18.2 Å². The Kier molecular flexibility index (Phi) is 5.20. The van der Waals surface area contributed by atoms with E-state index in [0.29, 0.717) is 22.2 Å². The molecule has 5 nitrogen and oxygen atoms in total. The third-order valence-corrected chi connectivity index (χ3v) is 3.76. The van der Waals surface area contributed by atoms with E-state index in [2.05, 4.69) is 20.6 Å². The van der Waals surface area contributed by atoms with Crippen LogP contribution in [0.4, 0.5) is 16.0 Å². The van der Waals surface area contributed by atoms with Gasteiger partial charge in [-0.1, -0.05) is 41.9 Å². The van der Waals surface area contributed by atoms with Gasteiger partial charge < -0.3 is 10.6 Å². The van der Waals surface area contributed by atoms with Crippen molar-refractivity contribution >= 4 is 29.1 Å². The lowest BCUT2D eigenvalue weighted by atomic mass is 10.2. The molecule has 0 aliphatic rings. The first-order valence-electron chi connectivity index (χ1n) is 7.48. The van der Waals surface area contributed by atoms with Crippen molar-refractivity contribution in [3.63, 3.8) is 0 Å². The number of amides is 1.